The Bertz CT molecular complexity index is 931. The summed E-state index contributed by atoms with van der Waals surface area (Å²) < 4.78 is 5.40. The first-order valence-electron chi connectivity index (χ1n) is 9.12. The van der Waals surface area contributed by atoms with Crippen molar-refractivity contribution in [2.24, 2.45) is 4.99 Å². The van der Waals surface area contributed by atoms with Crippen LogP contribution in [-0.4, -0.2) is 31.6 Å². The molecule has 2 N–H and O–H groups in total. The maximum atomic E-state index is 5.40. The van der Waals surface area contributed by atoms with E-state index in [0.717, 1.165) is 41.1 Å². The van der Waals surface area contributed by atoms with Crippen molar-refractivity contribution in [2.45, 2.75) is 19.9 Å². The Kier molecular flexibility index (Phi) is 6.26. The molecule has 27 heavy (non-hydrogen) atoms. The number of hydrogen-bond donors (Lipinski definition) is 2. The number of aryl methyl sites for hydroxylation is 1. The van der Waals surface area contributed by atoms with Gasteiger partial charge < -0.3 is 15.4 Å². The SMILES string of the molecule is CN=C(NCCc1ccc(C)c(OC)c1)NCc1ccnc2ccccc12. The summed E-state index contributed by atoms with van der Waals surface area (Å²) in [4.78, 5) is 8.72. The number of pyridine rings is 1. The Morgan fingerprint density at radius 1 is 1.11 bits per heavy atom. The minimum Gasteiger partial charge on any atom is -0.496 e. The van der Waals surface area contributed by atoms with Gasteiger partial charge in [0.05, 0.1) is 12.6 Å². The van der Waals surface area contributed by atoms with Crippen LogP contribution in [0.25, 0.3) is 10.9 Å². The number of aliphatic imine (C=N–C) groups is 1. The van der Waals surface area contributed by atoms with E-state index in [9.17, 15) is 0 Å². The molecule has 2 aromatic carbocycles. The lowest BCUT2D eigenvalue weighted by molar-refractivity contribution is 0.411. The zero-order valence-corrected chi connectivity index (χ0v) is 16.1. The molecule has 0 aliphatic carbocycles. The highest BCUT2D eigenvalue weighted by Crippen LogP contribution is 2.19. The monoisotopic (exact) mass is 362 g/mol. The molecule has 0 unspecified atom stereocenters. The third-order valence-electron chi connectivity index (χ3n) is 4.59. The number of para-hydroxylation sites is 1. The molecule has 140 valence electrons. The number of fused-ring (bicyclic) bond motifs is 1. The maximum absolute atomic E-state index is 5.40. The molecule has 0 amide bonds. The second-order valence-corrected chi connectivity index (χ2v) is 6.39. The van der Waals surface area contributed by atoms with E-state index < -0.39 is 0 Å². The van der Waals surface area contributed by atoms with Gasteiger partial charge in [0.25, 0.3) is 0 Å². The molecule has 0 saturated heterocycles. The molecule has 0 spiro atoms. The van der Waals surface area contributed by atoms with Crippen LogP contribution in [0.15, 0.2) is 59.7 Å². The third-order valence-corrected chi connectivity index (χ3v) is 4.59. The van der Waals surface area contributed by atoms with Crippen molar-refractivity contribution in [2.75, 3.05) is 20.7 Å². The molecule has 3 aromatic rings. The molecule has 1 heterocycles. The normalized spacial score (nSPS) is 11.4. The van der Waals surface area contributed by atoms with Crippen LogP contribution in [0.2, 0.25) is 0 Å². The van der Waals surface area contributed by atoms with Crippen molar-refractivity contribution in [3.8, 4) is 5.75 Å². The number of ether oxygens (including phenoxy) is 1. The minimum atomic E-state index is 0.695. The van der Waals surface area contributed by atoms with Crippen LogP contribution in [-0.2, 0) is 13.0 Å². The Morgan fingerprint density at radius 2 is 1.96 bits per heavy atom. The molecule has 3 rings (SSSR count). The van der Waals surface area contributed by atoms with Crippen LogP contribution >= 0.6 is 0 Å². The lowest BCUT2D eigenvalue weighted by Gasteiger charge is -2.13. The number of benzene rings is 2. The Hall–Kier alpha value is -3.08. The molecule has 0 bridgehead atoms. The molecule has 0 aliphatic heterocycles. The van der Waals surface area contributed by atoms with Crippen molar-refractivity contribution in [1.82, 2.24) is 15.6 Å². The number of methoxy groups -OCH3 is 1. The summed E-state index contributed by atoms with van der Waals surface area (Å²) in [5.74, 6) is 1.72. The lowest BCUT2D eigenvalue weighted by atomic mass is 10.1. The average molecular weight is 362 g/mol. The van der Waals surface area contributed by atoms with Gasteiger partial charge >= 0.3 is 0 Å². The lowest BCUT2D eigenvalue weighted by Crippen LogP contribution is -2.37. The van der Waals surface area contributed by atoms with Gasteiger partial charge in [0, 0.05) is 31.7 Å². The van der Waals surface area contributed by atoms with Gasteiger partial charge in [0.15, 0.2) is 5.96 Å². The molecule has 0 saturated carbocycles. The molecule has 0 aliphatic rings. The van der Waals surface area contributed by atoms with Crippen LogP contribution < -0.4 is 15.4 Å². The highest BCUT2D eigenvalue weighted by atomic mass is 16.5. The van der Waals surface area contributed by atoms with Crippen LogP contribution in [0.4, 0.5) is 0 Å². The van der Waals surface area contributed by atoms with Crippen LogP contribution in [0.3, 0.4) is 0 Å². The van der Waals surface area contributed by atoms with Crippen LogP contribution in [0.5, 0.6) is 5.75 Å². The predicted molar refractivity (Wildman–Crippen MR) is 111 cm³/mol. The van der Waals surface area contributed by atoms with E-state index in [2.05, 4.69) is 51.8 Å². The Balaban J connectivity index is 1.55. The summed E-state index contributed by atoms with van der Waals surface area (Å²) in [7, 11) is 3.49. The Morgan fingerprint density at radius 3 is 2.78 bits per heavy atom. The molecular weight excluding hydrogens is 336 g/mol. The fourth-order valence-electron chi connectivity index (χ4n) is 3.05. The smallest absolute Gasteiger partial charge is 0.191 e. The second-order valence-electron chi connectivity index (χ2n) is 6.39. The van der Waals surface area contributed by atoms with Crippen molar-refractivity contribution in [3.05, 3.63) is 71.4 Å². The summed E-state index contributed by atoms with van der Waals surface area (Å²) in [5, 5.41) is 7.91. The fourth-order valence-corrected chi connectivity index (χ4v) is 3.05. The van der Waals surface area contributed by atoms with Crippen molar-refractivity contribution in [3.63, 3.8) is 0 Å². The van der Waals surface area contributed by atoms with Gasteiger partial charge in [-0.25, -0.2) is 0 Å². The maximum Gasteiger partial charge on any atom is 0.191 e. The van der Waals surface area contributed by atoms with Gasteiger partial charge in [-0.15, -0.1) is 0 Å². The van der Waals surface area contributed by atoms with Crippen molar-refractivity contribution < 1.29 is 4.74 Å². The zero-order chi connectivity index (χ0) is 19.1. The highest BCUT2D eigenvalue weighted by Gasteiger charge is 2.04. The van der Waals surface area contributed by atoms with E-state index in [0.29, 0.717) is 6.54 Å². The zero-order valence-electron chi connectivity index (χ0n) is 16.1. The molecular formula is C22H26N4O. The molecule has 0 fully saturated rings. The molecule has 0 radical (unpaired) electrons. The van der Waals surface area contributed by atoms with Gasteiger partial charge in [-0.3, -0.25) is 9.98 Å². The van der Waals surface area contributed by atoms with Gasteiger partial charge in [-0.1, -0.05) is 30.3 Å². The fraction of sp³-hybridized carbons (Fsp3) is 0.273. The van der Waals surface area contributed by atoms with Gasteiger partial charge in [0.2, 0.25) is 0 Å². The number of nitrogens with zero attached hydrogens (tertiary/aromatic N) is 2. The van der Waals surface area contributed by atoms with Gasteiger partial charge in [-0.05, 0) is 48.2 Å². The number of aromatic nitrogens is 1. The minimum absolute atomic E-state index is 0.695. The first-order chi connectivity index (χ1) is 13.2. The van der Waals surface area contributed by atoms with E-state index in [-0.39, 0.29) is 0 Å². The van der Waals surface area contributed by atoms with Crippen molar-refractivity contribution >= 4 is 16.9 Å². The third kappa shape index (κ3) is 4.76. The molecule has 0 atom stereocenters. The van der Waals surface area contributed by atoms with E-state index >= 15 is 0 Å². The average Bonchev–Trinajstić information content (AvgIpc) is 2.71. The highest BCUT2D eigenvalue weighted by molar-refractivity contribution is 5.83. The number of nitrogens with one attached hydrogen (secondary N) is 2. The molecule has 1 aromatic heterocycles. The number of rotatable bonds is 6. The van der Waals surface area contributed by atoms with Crippen LogP contribution in [0, 0.1) is 6.92 Å². The standard InChI is InChI=1S/C22H26N4O/c1-16-8-9-17(14-21(16)27-3)10-12-25-22(23-2)26-15-18-11-13-24-20-7-5-4-6-19(18)20/h4-9,11,13-14H,10,12,15H2,1-3H3,(H2,23,25,26). The first kappa shape index (κ1) is 18.7. The first-order valence-corrected chi connectivity index (χ1v) is 9.12. The van der Waals surface area contributed by atoms with E-state index in [1.54, 1.807) is 14.2 Å². The predicted octanol–water partition coefficient (Wildman–Crippen LogP) is 3.46. The van der Waals surface area contributed by atoms with Gasteiger partial charge in [0.1, 0.15) is 5.75 Å². The van der Waals surface area contributed by atoms with E-state index in [4.69, 9.17) is 4.74 Å². The number of guanidine groups is 1. The quantitative estimate of drug-likeness (QED) is 0.521. The van der Waals surface area contributed by atoms with E-state index in [1.807, 2.05) is 30.5 Å². The topological polar surface area (TPSA) is 58.5 Å². The van der Waals surface area contributed by atoms with Gasteiger partial charge in [-0.2, -0.15) is 0 Å². The summed E-state index contributed by atoms with van der Waals surface area (Å²) in [6.07, 6.45) is 2.75. The molecule has 5 heteroatoms. The largest absolute Gasteiger partial charge is 0.496 e. The van der Waals surface area contributed by atoms with Crippen molar-refractivity contribution in [1.29, 1.82) is 0 Å². The summed E-state index contributed by atoms with van der Waals surface area (Å²) in [6.45, 7) is 3.54. The Labute approximate surface area is 160 Å². The number of hydrogen-bond acceptors (Lipinski definition) is 3. The summed E-state index contributed by atoms with van der Waals surface area (Å²) >= 11 is 0. The second kappa shape index (κ2) is 9.03. The van der Waals surface area contributed by atoms with Crippen LogP contribution in [0.1, 0.15) is 16.7 Å². The van der Waals surface area contributed by atoms with E-state index in [1.165, 1.54) is 11.1 Å². The molecule has 5 nitrogen and oxygen atoms in total. The summed E-state index contributed by atoms with van der Waals surface area (Å²) in [6, 6.07) is 16.5. The summed E-state index contributed by atoms with van der Waals surface area (Å²) in [5.41, 5.74) is 4.59.